The lowest BCUT2D eigenvalue weighted by Crippen LogP contribution is -2.49. The molecule has 2 saturated heterocycles. The summed E-state index contributed by atoms with van der Waals surface area (Å²) in [6, 6.07) is 3.00. The summed E-state index contributed by atoms with van der Waals surface area (Å²) >= 11 is 0. The Morgan fingerprint density at radius 3 is 2.50 bits per heavy atom. The second-order valence-electron chi connectivity index (χ2n) is 14.4. The minimum atomic E-state index is -0.471. The van der Waals surface area contributed by atoms with Crippen LogP contribution in [0.25, 0.3) is 0 Å². The van der Waals surface area contributed by atoms with Crippen LogP contribution < -0.4 is 5.32 Å². The first-order valence-electron chi connectivity index (χ1n) is 17.9. The zero-order valence-corrected chi connectivity index (χ0v) is 28.9. The van der Waals surface area contributed by atoms with E-state index in [9.17, 15) is 14.4 Å². The molecule has 0 radical (unpaired) electrons. The van der Waals surface area contributed by atoms with Crippen LogP contribution in [0.15, 0.2) is 48.3 Å². The molecule has 0 bridgehead atoms. The van der Waals surface area contributed by atoms with Crippen LogP contribution in [0, 0.1) is 35.5 Å². The molecule has 1 N–H and O–H groups in total. The van der Waals surface area contributed by atoms with Gasteiger partial charge in [-0.2, -0.15) is 0 Å². The molecular formula is C38H52N2O8. The predicted molar refractivity (Wildman–Crippen MR) is 178 cm³/mol. The number of ether oxygens (including phenoxy) is 5. The van der Waals surface area contributed by atoms with Crippen molar-refractivity contribution >= 4 is 17.7 Å². The molecule has 0 spiro atoms. The summed E-state index contributed by atoms with van der Waals surface area (Å²) in [6.07, 6.45) is 14.2. The number of carbonyl (C=O) groups excluding carboxylic acids is 3. The molecule has 13 atom stereocenters. The number of allylic oxidation sites excluding steroid dienone is 4. The average Bonchev–Trinajstić information content (AvgIpc) is 3.67. The summed E-state index contributed by atoms with van der Waals surface area (Å²) in [4.78, 5) is 45.1. The van der Waals surface area contributed by atoms with Crippen LogP contribution in [0.3, 0.4) is 0 Å². The minimum Gasteiger partial charge on any atom is -0.462 e. The third-order valence-corrected chi connectivity index (χ3v) is 11.7. The number of hydrogen-bond donors (Lipinski definition) is 1. The standard InChI is InChI=1S/C38H52N2O8/c1-6-25-8-7-9-32(40-37(43)23-12-14-39-15-13-23)21(2)36(42)31-18-29-27(30(31)19-35(41)47-25)11-10-24-16-26(17-28(24)29)48-38-34(45-5)20-33(44-4)22(3)46-38/h10-15,18,21-22,24-30,32-34,38H,6-9,16-17,19-20H2,1-5H3,(H,40,43)/t21-,22?,24-,25+,26-,27-,28-,29-,30+,32+,33?,34?,38?/m1/s1. The summed E-state index contributed by atoms with van der Waals surface area (Å²) in [5.41, 5.74) is 1.22. The Morgan fingerprint density at radius 1 is 1.00 bits per heavy atom. The van der Waals surface area contributed by atoms with Crippen molar-refractivity contribution < 1.29 is 38.1 Å². The SMILES string of the molecule is CC[C@H]1CCC[C@H](NC(=O)c2ccncc2)[C@@H](C)C(=O)C2=C[C@@H]3[C@@H](C=C[C@@H]4C[C@@H](OC5OC(C)C(OC)CC5OC)C[C@@H]34)[C@@H]2CC(=O)O1. The van der Waals surface area contributed by atoms with Crippen LogP contribution in [-0.2, 0) is 33.3 Å². The van der Waals surface area contributed by atoms with Gasteiger partial charge in [0.05, 0.1) is 24.7 Å². The number of esters is 1. The first kappa shape index (κ1) is 34.9. The zero-order chi connectivity index (χ0) is 33.9. The van der Waals surface area contributed by atoms with Crippen molar-refractivity contribution in [1.29, 1.82) is 0 Å². The number of Topliss-reactive ketones (excluding diaryl/α,β-unsaturated/α-hetero) is 1. The molecule has 3 aliphatic carbocycles. The highest BCUT2D eigenvalue weighted by Gasteiger charge is 2.51. The lowest BCUT2D eigenvalue weighted by atomic mass is 9.70. The van der Waals surface area contributed by atoms with Crippen molar-refractivity contribution in [3.63, 3.8) is 0 Å². The second-order valence-corrected chi connectivity index (χ2v) is 14.4. The van der Waals surface area contributed by atoms with E-state index >= 15 is 0 Å². The van der Waals surface area contributed by atoms with Crippen LogP contribution in [0.5, 0.6) is 0 Å². The normalized spacial score (nSPS) is 40.0. The number of fused-ring (bicyclic) bond motifs is 5. The van der Waals surface area contributed by atoms with E-state index in [1.165, 1.54) is 0 Å². The van der Waals surface area contributed by atoms with Gasteiger partial charge in [-0.25, -0.2) is 0 Å². The number of amides is 1. The van der Waals surface area contributed by atoms with E-state index in [2.05, 4.69) is 28.5 Å². The van der Waals surface area contributed by atoms with E-state index in [-0.39, 0.29) is 84.3 Å². The number of aromatic nitrogens is 1. The van der Waals surface area contributed by atoms with Gasteiger partial charge in [0.2, 0.25) is 0 Å². The summed E-state index contributed by atoms with van der Waals surface area (Å²) in [6.45, 7) is 5.96. The van der Waals surface area contributed by atoms with Crippen LogP contribution in [0.4, 0.5) is 0 Å². The first-order valence-corrected chi connectivity index (χ1v) is 17.9. The van der Waals surface area contributed by atoms with Crippen molar-refractivity contribution in [3.05, 3.63) is 53.9 Å². The van der Waals surface area contributed by atoms with Gasteiger partial charge in [0, 0.05) is 56.5 Å². The summed E-state index contributed by atoms with van der Waals surface area (Å²) in [7, 11) is 3.38. The largest absolute Gasteiger partial charge is 0.462 e. The molecule has 10 nitrogen and oxygen atoms in total. The molecule has 6 rings (SSSR count). The number of carbonyl (C=O) groups is 3. The van der Waals surface area contributed by atoms with Crippen molar-refractivity contribution in [2.24, 2.45) is 35.5 Å². The van der Waals surface area contributed by atoms with Crippen LogP contribution in [0.2, 0.25) is 0 Å². The number of cyclic esters (lactones) is 1. The predicted octanol–water partition coefficient (Wildman–Crippen LogP) is 5.22. The van der Waals surface area contributed by atoms with Crippen molar-refractivity contribution in [2.75, 3.05) is 14.2 Å². The molecule has 262 valence electrons. The maximum absolute atomic E-state index is 14.4. The third kappa shape index (κ3) is 7.32. The molecule has 1 amide bonds. The van der Waals surface area contributed by atoms with Crippen LogP contribution in [-0.4, -0.2) is 79.7 Å². The molecule has 3 fully saturated rings. The number of hydrogen-bond acceptors (Lipinski definition) is 9. The van der Waals surface area contributed by atoms with E-state index < -0.39 is 12.2 Å². The molecule has 3 heterocycles. The van der Waals surface area contributed by atoms with Gasteiger partial charge in [0.15, 0.2) is 12.1 Å². The zero-order valence-electron chi connectivity index (χ0n) is 28.9. The van der Waals surface area contributed by atoms with Crippen molar-refractivity contribution in [3.8, 4) is 0 Å². The number of ketones is 1. The van der Waals surface area contributed by atoms with Gasteiger partial charge in [-0.05, 0) is 86.8 Å². The Balaban J connectivity index is 1.22. The maximum Gasteiger partial charge on any atom is 0.306 e. The van der Waals surface area contributed by atoms with Crippen molar-refractivity contribution in [1.82, 2.24) is 10.3 Å². The molecule has 4 unspecified atom stereocenters. The maximum atomic E-state index is 14.4. The topological polar surface area (TPSA) is 122 Å². The molecule has 5 aliphatic rings. The second kappa shape index (κ2) is 15.3. The molecule has 1 saturated carbocycles. The van der Waals surface area contributed by atoms with E-state index in [4.69, 9.17) is 23.7 Å². The van der Waals surface area contributed by atoms with E-state index in [1.54, 1.807) is 38.7 Å². The van der Waals surface area contributed by atoms with Gasteiger partial charge in [-0.1, -0.05) is 32.1 Å². The Bertz CT molecular complexity index is 1370. The molecule has 1 aromatic heterocycles. The fourth-order valence-electron chi connectivity index (χ4n) is 8.90. The van der Waals surface area contributed by atoms with Crippen LogP contribution >= 0.6 is 0 Å². The lowest BCUT2D eigenvalue weighted by Gasteiger charge is -2.39. The number of rotatable bonds is 7. The van der Waals surface area contributed by atoms with E-state index in [0.717, 1.165) is 25.7 Å². The van der Waals surface area contributed by atoms with Gasteiger partial charge in [0.25, 0.3) is 5.91 Å². The Morgan fingerprint density at radius 2 is 1.77 bits per heavy atom. The molecule has 48 heavy (non-hydrogen) atoms. The van der Waals surface area contributed by atoms with Gasteiger partial charge in [0.1, 0.15) is 12.2 Å². The Hall–Kier alpha value is -2.92. The van der Waals surface area contributed by atoms with Gasteiger partial charge in [-0.3, -0.25) is 19.4 Å². The molecule has 0 aromatic carbocycles. The van der Waals surface area contributed by atoms with Gasteiger partial charge < -0.3 is 29.0 Å². The number of nitrogens with zero attached hydrogens (tertiary/aromatic N) is 1. The average molecular weight is 665 g/mol. The Labute approximate surface area is 284 Å². The first-order chi connectivity index (χ1) is 23.2. The smallest absolute Gasteiger partial charge is 0.306 e. The molecule has 2 aliphatic heterocycles. The minimum absolute atomic E-state index is 0.00539. The number of methoxy groups -OCH3 is 2. The summed E-state index contributed by atoms with van der Waals surface area (Å²) in [5, 5.41) is 3.17. The molecular weight excluding hydrogens is 612 g/mol. The van der Waals surface area contributed by atoms with E-state index in [0.29, 0.717) is 36.3 Å². The van der Waals surface area contributed by atoms with Crippen molar-refractivity contribution in [2.45, 2.75) is 115 Å². The highest BCUT2D eigenvalue weighted by molar-refractivity contribution is 6.00. The molecule has 1 aromatic rings. The quantitative estimate of drug-likeness (QED) is 0.309. The monoisotopic (exact) mass is 664 g/mol. The highest BCUT2D eigenvalue weighted by atomic mass is 16.7. The van der Waals surface area contributed by atoms with E-state index in [1.807, 2.05) is 20.8 Å². The highest BCUT2D eigenvalue weighted by Crippen LogP contribution is 2.54. The number of nitrogens with one attached hydrogen (secondary N) is 1. The third-order valence-electron chi connectivity index (χ3n) is 11.7. The number of pyridine rings is 1. The molecule has 10 heteroatoms. The lowest BCUT2D eigenvalue weighted by molar-refractivity contribution is -0.281. The van der Waals surface area contributed by atoms with Crippen LogP contribution in [0.1, 0.15) is 82.5 Å². The Kier molecular flexibility index (Phi) is 11.1. The van der Waals surface area contributed by atoms with Gasteiger partial charge in [-0.15, -0.1) is 0 Å². The fourth-order valence-corrected chi connectivity index (χ4v) is 8.90. The summed E-state index contributed by atoms with van der Waals surface area (Å²) in [5.74, 6) is -0.459. The summed E-state index contributed by atoms with van der Waals surface area (Å²) < 4.78 is 30.2. The fraction of sp³-hybridized carbons (Fsp3) is 0.684. The van der Waals surface area contributed by atoms with Gasteiger partial charge >= 0.3 is 5.97 Å².